The number of thiazole rings is 1. The first-order valence-corrected chi connectivity index (χ1v) is 5.64. The number of carboxylic acids is 1. The van der Waals surface area contributed by atoms with Crippen LogP contribution in [0.2, 0.25) is 5.02 Å². The van der Waals surface area contributed by atoms with Gasteiger partial charge in [-0.15, -0.1) is 0 Å². The highest BCUT2D eigenvalue weighted by Crippen LogP contribution is 2.35. The van der Waals surface area contributed by atoms with Gasteiger partial charge in [0.2, 0.25) is 0 Å². The third-order valence-corrected chi connectivity index (χ3v) is 3.25. The molecule has 1 heterocycles. The molecule has 0 atom stereocenters. The summed E-state index contributed by atoms with van der Waals surface area (Å²) >= 11 is 6.73. The van der Waals surface area contributed by atoms with Crippen molar-refractivity contribution in [1.29, 1.82) is 0 Å². The van der Waals surface area contributed by atoms with Crippen molar-refractivity contribution in [2.75, 3.05) is 5.73 Å². The molecular formula is C10H6ClFN2O2S. The summed E-state index contributed by atoms with van der Waals surface area (Å²) < 4.78 is 13.6. The summed E-state index contributed by atoms with van der Waals surface area (Å²) in [6.45, 7) is 0. The average Bonchev–Trinajstić information content (AvgIpc) is 2.60. The van der Waals surface area contributed by atoms with Gasteiger partial charge in [0.05, 0.1) is 10.6 Å². The smallest absolute Gasteiger partial charge is 0.357 e. The lowest BCUT2D eigenvalue weighted by Crippen LogP contribution is -2.00. The first-order valence-electron chi connectivity index (χ1n) is 4.44. The van der Waals surface area contributed by atoms with Crippen LogP contribution in [0, 0.1) is 5.82 Å². The Morgan fingerprint density at radius 2 is 2.24 bits per heavy atom. The zero-order valence-corrected chi connectivity index (χ0v) is 9.85. The van der Waals surface area contributed by atoms with E-state index in [9.17, 15) is 9.18 Å². The van der Waals surface area contributed by atoms with Gasteiger partial charge in [-0.05, 0) is 12.1 Å². The first kappa shape index (κ1) is 11.8. The number of nitrogens with two attached hydrogens (primary N) is 1. The quantitative estimate of drug-likeness (QED) is 0.881. The second-order valence-electron chi connectivity index (χ2n) is 3.13. The second kappa shape index (κ2) is 4.31. The van der Waals surface area contributed by atoms with E-state index in [1.807, 2.05) is 0 Å². The minimum absolute atomic E-state index is 0.0202. The van der Waals surface area contributed by atoms with E-state index in [2.05, 4.69) is 4.98 Å². The number of benzene rings is 1. The molecule has 0 amide bonds. The van der Waals surface area contributed by atoms with E-state index in [4.69, 9.17) is 22.4 Å². The van der Waals surface area contributed by atoms with Gasteiger partial charge < -0.3 is 10.8 Å². The fourth-order valence-corrected chi connectivity index (χ4v) is 2.49. The maximum Gasteiger partial charge on any atom is 0.357 e. The SMILES string of the molecule is Nc1sc(-c2c(F)cccc2Cl)nc1C(=O)O. The highest BCUT2D eigenvalue weighted by molar-refractivity contribution is 7.19. The van der Waals surface area contributed by atoms with E-state index in [0.29, 0.717) is 0 Å². The number of aromatic nitrogens is 1. The van der Waals surface area contributed by atoms with Crippen LogP contribution in [0.5, 0.6) is 0 Å². The lowest BCUT2D eigenvalue weighted by molar-refractivity contribution is 0.0692. The summed E-state index contributed by atoms with van der Waals surface area (Å²) in [5.41, 5.74) is 5.27. The fraction of sp³-hybridized carbons (Fsp3) is 0. The topological polar surface area (TPSA) is 76.2 Å². The highest BCUT2D eigenvalue weighted by Gasteiger charge is 2.19. The van der Waals surface area contributed by atoms with Gasteiger partial charge in [-0.25, -0.2) is 14.2 Å². The number of anilines is 1. The summed E-state index contributed by atoms with van der Waals surface area (Å²) in [6, 6.07) is 4.17. The Morgan fingerprint density at radius 3 is 2.76 bits per heavy atom. The van der Waals surface area contributed by atoms with Crippen molar-refractivity contribution in [2.24, 2.45) is 0 Å². The normalized spacial score (nSPS) is 10.5. The van der Waals surface area contributed by atoms with Gasteiger partial charge in [0, 0.05) is 0 Å². The molecule has 3 N–H and O–H groups in total. The Kier molecular flexibility index (Phi) is 2.99. The molecule has 0 aliphatic heterocycles. The van der Waals surface area contributed by atoms with E-state index in [1.54, 1.807) is 0 Å². The van der Waals surface area contributed by atoms with Crippen LogP contribution in [0.1, 0.15) is 10.5 Å². The lowest BCUT2D eigenvalue weighted by Gasteiger charge is -2.00. The van der Waals surface area contributed by atoms with Gasteiger partial charge in [0.25, 0.3) is 0 Å². The molecule has 17 heavy (non-hydrogen) atoms. The number of nitrogens with zero attached hydrogens (tertiary/aromatic N) is 1. The number of carboxylic acid groups (broad SMARTS) is 1. The molecule has 0 fully saturated rings. The molecule has 2 rings (SSSR count). The van der Waals surface area contributed by atoms with Crippen LogP contribution < -0.4 is 5.73 Å². The number of rotatable bonds is 2. The van der Waals surface area contributed by atoms with Crippen LogP contribution in [-0.4, -0.2) is 16.1 Å². The van der Waals surface area contributed by atoms with Crippen molar-refractivity contribution in [3.05, 3.63) is 34.7 Å². The zero-order chi connectivity index (χ0) is 12.6. The van der Waals surface area contributed by atoms with Crippen LogP contribution in [0.4, 0.5) is 9.39 Å². The van der Waals surface area contributed by atoms with Crippen molar-refractivity contribution in [1.82, 2.24) is 4.98 Å². The first-order chi connectivity index (χ1) is 8.00. The summed E-state index contributed by atoms with van der Waals surface area (Å²) in [7, 11) is 0. The van der Waals surface area contributed by atoms with Crippen LogP contribution in [-0.2, 0) is 0 Å². The predicted octanol–water partition coefficient (Wildman–Crippen LogP) is 2.88. The van der Waals surface area contributed by atoms with Gasteiger partial charge in [-0.1, -0.05) is 29.0 Å². The molecule has 0 saturated heterocycles. The largest absolute Gasteiger partial charge is 0.476 e. The van der Waals surface area contributed by atoms with Gasteiger partial charge in [-0.3, -0.25) is 0 Å². The van der Waals surface area contributed by atoms with E-state index >= 15 is 0 Å². The van der Waals surface area contributed by atoms with Gasteiger partial charge in [0.1, 0.15) is 15.8 Å². The molecule has 0 aliphatic carbocycles. The van der Waals surface area contributed by atoms with Crippen molar-refractivity contribution in [3.63, 3.8) is 0 Å². The third kappa shape index (κ3) is 2.09. The van der Waals surface area contributed by atoms with Crippen molar-refractivity contribution in [2.45, 2.75) is 0 Å². The molecule has 88 valence electrons. The predicted molar refractivity (Wildman–Crippen MR) is 63.9 cm³/mol. The maximum absolute atomic E-state index is 13.6. The third-order valence-electron chi connectivity index (χ3n) is 2.03. The van der Waals surface area contributed by atoms with Gasteiger partial charge in [0.15, 0.2) is 5.69 Å². The average molecular weight is 273 g/mol. The Balaban J connectivity index is 2.62. The summed E-state index contributed by atoms with van der Waals surface area (Å²) in [5, 5.41) is 9.14. The molecule has 1 aromatic heterocycles. The number of aromatic carboxylic acids is 1. The van der Waals surface area contributed by atoms with Crippen LogP contribution in [0.25, 0.3) is 10.6 Å². The number of hydrogen-bond donors (Lipinski definition) is 2. The summed E-state index contributed by atoms with van der Waals surface area (Å²) in [6.07, 6.45) is 0. The van der Waals surface area contributed by atoms with Crippen molar-refractivity contribution < 1.29 is 14.3 Å². The fourth-order valence-electron chi connectivity index (χ4n) is 1.29. The Hall–Kier alpha value is -1.66. The van der Waals surface area contributed by atoms with Crippen LogP contribution in [0.15, 0.2) is 18.2 Å². The molecule has 2 aromatic rings. The molecule has 0 radical (unpaired) electrons. The van der Waals surface area contributed by atoms with E-state index in [-0.39, 0.29) is 26.3 Å². The van der Waals surface area contributed by atoms with Gasteiger partial charge in [-0.2, -0.15) is 0 Å². The number of nitrogen functional groups attached to an aromatic ring is 1. The van der Waals surface area contributed by atoms with Crippen molar-refractivity contribution >= 4 is 33.9 Å². The Bertz CT molecular complexity index is 580. The Labute approximate surface area is 104 Å². The second-order valence-corrected chi connectivity index (χ2v) is 4.57. The zero-order valence-electron chi connectivity index (χ0n) is 8.28. The molecule has 0 aliphatic rings. The molecule has 1 aromatic carbocycles. The molecule has 7 heteroatoms. The number of carbonyl (C=O) groups is 1. The molecule has 4 nitrogen and oxygen atoms in total. The van der Waals surface area contributed by atoms with E-state index < -0.39 is 11.8 Å². The summed E-state index contributed by atoms with van der Waals surface area (Å²) in [5.74, 6) is -1.82. The highest BCUT2D eigenvalue weighted by atomic mass is 35.5. The monoisotopic (exact) mass is 272 g/mol. The lowest BCUT2D eigenvalue weighted by atomic mass is 10.2. The van der Waals surface area contributed by atoms with Crippen LogP contribution >= 0.6 is 22.9 Å². The van der Waals surface area contributed by atoms with E-state index in [0.717, 1.165) is 11.3 Å². The number of hydrogen-bond acceptors (Lipinski definition) is 4. The van der Waals surface area contributed by atoms with Gasteiger partial charge >= 0.3 is 5.97 Å². The Morgan fingerprint density at radius 1 is 1.53 bits per heavy atom. The standard InChI is InChI=1S/C10H6ClFN2O2S/c11-4-2-1-3-5(12)6(4)9-14-7(10(15)16)8(13)17-9/h1-3H,13H2,(H,15,16). The van der Waals surface area contributed by atoms with E-state index in [1.165, 1.54) is 18.2 Å². The van der Waals surface area contributed by atoms with Crippen LogP contribution in [0.3, 0.4) is 0 Å². The maximum atomic E-state index is 13.6. The number of halogens is 2. The molecular weight excluding hydrogens is 267 g/mol. The van der Waals surface area contributed by atoms with Crippen molar-refractivity contribution in [3.8, 4) is 10.6 Å². The minimum atomic E-state index is -1.25. The molecule has 0 unspecified atom stereocenters. The molecule has 0 spiro atoms. The minimum Gasteiger partial charge on any atom is -0.476 e. The summed E-state index contributed by atoms with van der Waals surface area (Å²) in [4.78, 5) is 14.5. The molecule has 0 bridgehead atoms. The molecule has 0 saturated carbocycles.